The summed E-state index contributed by atoms with van der Waals surface area (Å²) >= 11 is 3.70. The molecule has 3 unspecified atom stereocenters. The Hall–Kier alpha value is -12.6. The molecule has 1 saturated heterocycles. The molecule has 5 aromatic heterocycles. The molecule has 104 heavy (non-hydrogen) atoms. The molecule has 14 heteroatoms. The van der Waals surface area contributed by atoms with Crippen molar-refractivity contribution in [2.75, 3.05) is 14.7 Å². The van der Waals surface area contributed by atoms with Crippen LogP contribution in [-0.2, 0) is 0 Å². The third-order valence-electron chi connectivity index (χ3n) is 21.0. The summed E-state index contributed by atoms with van der Waals surface area (Å²) in [7, 11) is 0. The lowest BCUT2D eigenvalue weighted by atomic mass is 9.99. The van der Waals surface area contributed by atoms with E-state index in [-0.39, 0.29) is 16.0 Å². The van der Waals surface area contributed by atoms with Crippen molar-refractivity contribution >= 4 is 200 Å². The summed E-state index contributed by atoms with van der Waals surface area (Å²) in [5, 5.41) is 29.8. The number of nitrogens with one attached hydrogen (secondary N) is 1. The van der Waals surface area contributed by atoms with Crippen molar-refractivity contribution in [3.63, 3.8) is 0 Å². The lowest BCUT2D eigenvalue weighted by Gasteiger charge is -2.32. The number of nitrogens with two attached hydrogens (primary N) is 3. The Morgan fingerprint density at radius 3 is 1.54 bits per heavy atom. The molecule has 18 aromatic rings. The zero-order valence-corrected chi connectivity index (χ0v) is 57.7. The summed E-state index contributed by atoms with van der Waals surface area (Å²) in [4.78, 5) is 8.15. The standard InChI is InChI=1S/C90H64N8O4S2/c91-43-41-61(51-93)97(81-39-37-79(103-81)53-17-3-1-4-18-53)71-49-69-87(85-63-25-11-13-29-73(63)101-89(71)85)88-70(50-72(90-86(88)64-26-12-14-30-74(64)102-90)98(62(52-94)42-44-92)82-40-38-80(104-82)54-19-5-2-6-20-54)96(69)60-35-33-59(34-36-60)95(67-27-15-31-75-83(67)65-45-55-21-7-9-23-57(55)47-77(65)99-75)68-28-16-32-76-84(68)66-46-56-22-8-10-24-58(56)48-78(66)100-76/h1-37,41-52,80-82,92,94H,38-40,91,93H2/p+1/b43-41-,61-51+,62-42+,92-44?,94-52?. The number of para-hydroxylation sites is 2. The Kier molecular flexibility index (Phi) is 14.5. The van der Waals surface area contributed by atoms with E-state index in [1.54, 1.807) is 24.2 Å². The van der Waals surface area contributed by atoms with Crippen LogP contribution >= 0.6 is 23.5 Å². The van der Waals surface area contributed by atoms with Crippen molar-refractivity contribution in [3.8, 4) is 5.69 Å². The minimum atomic E-state index is -0.182. The number of hydrogen-bond acceptors (Lipinski definition) is 12. The summed E-state index contributed by atoms with van der Waals surface area (Å²) in [5.41, 5.74) is 30.2. The highest BCUT2D eigenvalue weighted by Crippen LogP contribution is 2.56. The number of fused-ring (bicyclic) bond motifs is 19. The zero-order chi connectivity index (χ0) is 69.3. The molecule has 7 heterocycles. The first-order valence-corrected chi connectivity index (χ1v) is 36.8. The molecule has 0 aliphatic carbocycles. The van der Waals surface area contributed by atoms with Gasteiger partial charge in [0, 0.05) is 83.1 Å². The normalized spacial score (nSPS) is 16.1. The molecule has 0 spiro atoms. The highest BCUT2D eigenvalue weighted by atomic mass is 32.2. The monoisotopic (exact) mass is 1390 g/mol. The molecule has 13 aromatic carbocycles. The number of furan rings is 4. The molecule has 12 nitrogen and oxygen atoms in total. The summed E-state index contributed by atoms with van der Waals surface area (Å²) in [6.07, 6.45) is 14.6. The van der Waals surface area contributed by atoms with Gasteiger partial charge in [0.15, 0.2) is 17.4 Å². The first-order valence-electron chi connectivity index (χ1n) is 35.0. The van der Waals surface area contributed by atoms with Gasteiger partial charge in [0.1, 0.15) is 33.5 Å². The number of aromatic nitrogens is 1. The van der Waals surface area contributed by atoms with Crippen molar-refractivity contribution in [2.24, 2.45) is 11.5 Å². The van der Waals surface area contributed by atoms with E-state index in [1.807, 2.05) is 36.0 Å². The lowest BCUT2D eigenvalue weighted by molar-refractivity contribution is -0.104. The largest absolute Gasteiger partial charge is 0.456 e. The summed E-state index contributed by atoms with van der Waals surface area (Å²) in [6.45, 7) is 0. The predicted octanol–water partition coefficient (Wildman–Crippen LogP) is 22.5. The second kappa shape index (κ2) is 24.6. The van der Waals surface area contributed by atoms with E-state index in [1.165, 1.54) is 22.9 Å². The molecule has 20 rings (SSSR count). The molecule has 1 fully saturated rings. The van der Waals surface area contributed by atoms with Gasteiger partial charge in [-0.15, -0.1) is 23.5 Å². The van der Waals surface area contributed by atoms with Gasteiger partial charge in [-0.1, -0.05) is 164 Å². The van der Waals surface area contributed by atoms with Gasteiger partial charge in [0.05, 0.1) is 66.7 Å². The summed E-state index contributed by atoms with van der Waals surface area (Å²) in [6, 6.07) is 90.1. The van der Waals surface area contributed by atoms with Gasteiger partial charge >= 0.3 is 0 Å². The first kappa shape index (κ1) is 61.3. The van der Waals surface area contributed by atoms with Gasteiger partial charge in [-0.25, -0.2) is 0 Å². The number of thioether (sulfide) groups is 2. The van der Waals surface area contributed by atoms with E-state index >= 15 is 0 Å². The fourth-order valence-corrected chi connectivity index (χ4v) is 19.4. The maximum Gasteiger partial charge on any atom is 0.162 e. The number of benzene rings is 13. The summed E-state index contributed by atoms with van der Waals surface area (Å²) < 4.78 is 31.0. The Morgan fingerprint density at radius 2 is 0.990 bits per heavy atom. The van der Waals surface area contributed by atoms with Crippen molar-refractivity contribution in [1.82, 2.24) is 4.57 Å². The molecule has 2 aliphatic heterocycles. The van der Waals surface area contributed by atoms with Crippen molar-refractivity contribution in [2.45, 2.75) is 35.3 Å². The number of allylic oxidation sites excluding steroid dienone is 3. The zero-order valence-electron chi connectivity index (χ0n) is 56.1. The smallest absolute Gasteiger partial charge is 0.162 e. The maximum atomic E-state index is 9.27. The van der Waals surface area contributed by atoms with E-state index in [0.717, 1.165) is 172 Å². The Labute approximate surface area is 604 Å². The van der Waals surface area contributed by atoms with Crippen LogP contribution in [0.5, 0.6) is 0 Å². The van der Waals surface area contributed by atoms with Crippen molar-refractivity contribution in [3.05, 3.63) is 308 Å². The quantitative estimate of drug-likeness (QED) is 0.0569. The van der Waals surface area contributed by atoms with Gasteiger partial charge in [-0.3, -0.25) is 5.41 Å². The molecule has 0 saturated carbocycles. The van der Waals surface area contributed by atoms with E-state index in [4.69, 9.17) is 34.5 Å². The van der Waals surface area contributed by atoms with Gasteiger partial charge in [-0.2, -0.15) is 0 Å². The predicted molar refractivity (Wildman–Crippen MR) is 435 cm³/mol. The number of anilines is 5. The van der Waals surface area contributed by atoms with Crippen LogP contribution in [-0.4, -0.2) is 27.7 Å². The highest BCUT2D eigenvalue weighted by Gasteiger charge is 2.38. The van der Waals surface area contributed by atoms with Crippen LogP contribution in [0.3, 0.4) is 0 Å². The molecule has 2 aliphatic rings. The molecular formula is C90H65N8O4S2+. The summed E-state index contributed by atoms with van der Waals surface area (Å²) in [5.74, 6) is 0. The van der Waals surface area contributed by atoms with Crippen LogP contribution < -0.4 is 31.6 Å². The van der Waals surface area contributed by atoms with Crippen molar-refractivity contribution < 1.29 is 23.1 Å². The molecular weight excluding hydrogens is 1320 g/mol. The van der Waals surface area contributed by atoms with Crippen LogP contribution in [0.1, 0.15) is 35.6 Å². The van der Waals surface area contributed by atoms with Gasteiger partial charge in [0.2, 0.25) is 0 Å². The van der Waals surface area contributed by atoms with Crippen LogP contribution in [0, 0.1) is 5.41 Å². The molecule has 0 bridgehead atoms. The molecule has 3 atom stereocenters. The number of rotatable bonds is 15. The van der Waals surface area contributed by atoms with E-state index < -0.39 is 0 Å². The topological polar surface area (TPSA) is 169 Å². The average Bonchev–Trinajstić information content (AvgIpc) is 1.53. The average molecular weight is 1390 g/mol. The van der Waals surface area contributed by atoms with Crippen LogP contribution in [0.4, 0.5) is 28.4 Å². The number of hydrogen-bond donors (Lipinski definition) is 4. The second-order valence-corrected chi connectivity index (χ2v) is 29.3. The Balaban J connectivity index is 0.892. The Morgan fingerprint density at radius 1 is 0.471 bits per heavy atom. The maximum absolute atomic E-state index is 9.27. The molecule has 7 N–H and O–H groups in total. The van der Waals surface area contributed by atoms with E-state index in [2.05, 4.69) is 268 Å². The second-order valence-electron chi connectivity index (χ2n) is 26.7. The van der Waals surface area contributed by atoms with Crippen LogP contribution in [0.25, 0.3) is 142 Å². The minimum absolute atomic E-state index is 0.129. The van der Waals surface area contributed by atoms with E-state index in [9.17, 15) is 5.41 Å². The number of nitrogens with zero attached hydrogens (tertiary/aromatic N) is 4. The molecule has 500 valence electrons. The van der Waals surface area contributed by atoms with Crippen LogP contribution in [0.2, 0.25) is 0 Å². The highest BCUT2D eigenvalue weighted by molar-refractivity contribution is 8.09. The first-order chi connectivity index (χ1) is 51.4. The lowest BCUT2D eigenvalue weighted by Crippen LogP contribution is -2.34. The van der Waals surface area contributed by atoms with Gasteiger partial charge < -0.3 is 53.8 Å². The minimum Gasteiger partial charge on any atom is -0.456 e. The fraction of sp³-hybridized carbons (Fsp3) is 0.0667. The van der Waals surface area contributed by atoms with Gasteiger partial charge in [-0.05, 0) is 161 Å². The fourth-order valence-electron chi connectivity index (χ4n) is 16.5. The SMILES string of the molecule is N=C/C(=C\C=[NH2+])N(c1cc2c(c3c1oc1ccccc13)c1c3c(oc4ccccc43)c(N(C(/C=C\N)=C/N)C3CC=C(c4ccccc4)S3)cc1n2-c1ccc(N(c2cccc3oc4cc5ccccc5cc4c23)c2cccc3oc4cc5ccccc5cc4c23)cc1)C1CCC(c2ccccc2)S1. The third kappa shape index (κ3) is 9.62. The molecule has 0 amide bonds. The van der Waals surface area contributed by atoms with E-state index in [0.29, 0.717) is 29.0 Å². The Bertz CT molecular complexity index is 6570. The molecule has 0 radical (unpaired) electrons. The van der Waals surface area contributed by atoms with Crippen LogP contribution in [0.15, 0.2) is 314 Å². The van der Waals surface area contributed by atoms with Crippen molar-refractivity contribution in [1.29, 1.82) is 5.41 Å². The third-order valence-corrected chi connectivity index (χ3v) is 23.9. The van der Waals surface area contributed by atoms with Gasteiger partial charge in [0.25, 0.3) is 0 Å².